The number of aromatic nitrogens is 3. The van der Waals surface area contributed by atoms with Crippen LogP contribution in [-0.4, -0.2) is 44.2 Å². The lowest BCUT2D eigenvalue weighted by Gasteiger charge is -2.42. The molecule has 6 nitrogen and oxygen atoms in total. The minimum absolute atomic E-state index is 0.0492. The van der Waals surface area contributed by atoms with Crippen LogP contribution in [0.5, 0.6) is 0 Å². The normalized spacial score (nSPS) is 18.5. The minimum Gasteiger partial charge on any atom is -0.323 e. The summed E-state index contributed by atoms with van der Waals surface area (Å²) >= 11 is 0. The lowest BCUT2D eigenvalue weighted by molar-refractivity contribution is -0.143. The number of rotatable bonds is 4. The van der Waals surface area contributed by atoms with Gasteiger partial charge in [-0.3, -0.25) is 0 Å². The molecule has 3 aromatic rings. The third-order valence-corrected chi connectivity index (χ3v) is 6.62. The van der Waals surface area contributed by atoms with Gasteiger partial charge >= 0.3 is 18.4 Å². The molecule has 2 atom stereocenters. The molecule has 0 N–H and O–H groups in total. The standard InChI is InChI=1S/C25H24F7N5O/c1-15-7-19(26)3-4-21(15)22-11-20(37-14-33-13-34-37)5-6-36(22)23(38)35(2)12-16-8-17(24(27,28)29)10-18(9-16)25(30,31)32/h3-4,7-10,13-14,20,22H,5-6,11-12H2,1-2H3/t20-,22+/m0/s1. The van der Waals surface area contributed by atoms with E-state index < -0.39 is 47.9 Å². The average molecular weight is 543 g/mol. The highest BCUT2D eigenvalue weighted by Crippen LogP contribution is 2.39. The predicted molar refractivity (Wildman–Crippen MR) is 122 cm³/mol. The average Bonchev–Trinajstić information content (AvgIpc) is 3.37. The van der Waals surface area contributed by atoms with E-state index in [1.165, 1.54) is 30.4 Å². The van der Waals surface area contributed by atoms with Gasteiger partial charge in [-0.2, -0.15) is 31.4 Å². The van der Waals surface area contributed by atoms with Crippen molar-refractivity contribution < 1.29 is 35.5 Å². The maximum Gasteiger partial charge on any atom is 0.416 e. The smallest absolute Gasteiger partial charge is 0.323 e. The second-order valence-electron chi connectivity index (χ2n) is 9.32. The van der Waals surface area contributed by atoms with Gasteiger partial charge in [0.2, 0.25) is 0 Å². The monoisotopic (exact) mass is 543 g/mol. The molecule has 1 aliphatic heterocycles. The van der Waals surface area contributed by atoms with E-state index in [0.29, 0.717) is 36.1 Å². The van der Waals surface area contributed by atoms with Gasteiger partial charge in [0.1, 0.15) is 18.5 Å². The quantitative estimate of drug-likeness (QED) is 0.358. The number of urea groups is 1. The maximum absolute atomic E-state index is 13.8. The number of benzene rings is 2. The number of carbonyl (C=O) groups excluding carboxylic acids is 1. The first kappa shape index (κ1) is 27.4. The van der Waals surface area contributed by atoms with Crippen molar-refractivity contribution in [2.75, 3.05) is 13.6 Å². The van der Waals surface area contributed by atoms with Gasteiger partial charge in [0.25, 0.3) is 0 Å². The molecule has 0 saturated carbocycles. The molecule has 0 aliphatic carbocycles. The summed E-state index contributed by atoms with van der Waals surface area (Å²) in [6, 6.07) is 4.20. The summed E-state index contributed by atoms with van der Waals surface area (Å²) in [5, 5.41) is 4.17. The van der Waals surface area contributed by atoms with Crippen LogP contribution in [0.25, 0.3) is 0 Å². The SMILES string of the molecule is Cc1cc(F)ccc1[C@H]1C[C@@H](n2cncn2)CCN1C(=O)N(C)Cc1cc(C(F)(F)F)cc(C(F)(F)F)c1. The fourth-order valence-corrected chi connectivity index (χ4v) is 4.80. The van der Waals surface area contributed by atoms with Gasteiger partial charge in [-0.15, -0.1) is 0 Å². The zero-order valence-corrected chi connectivity index (χ0v) is 20.4. The Balaban J connectivity index is 1.63. The molecule has 2 amide bonds. The molecule has 0 radical (unpaired) electrons. The van der Waals surface area contributed by atoms with Gasteiger partial charge < -0.3 is 9.80 Å². The maximum atomic E-state index is 13.8. The Morgan fingerprint density at radius 2 is 1.71 bits per heavy atom. The molecule has 204 valence electrons. The third-order valence-electron chi connectivity index (χ3n) is 6.62. The van der Waals surface area contributed by atoms with Crippen LogP contribution >= 0.6 is 0 Å². The highest BCUT2D eigenvalue weighted by Gasteiger charge is 2.38. The van der Waals surface area contributed by atoms with Crippen molar-refractivity contribution in [3.8, 4) is 0 Å². The number of piperidine rings is 1. The van der Waals surface area contributed by atoms with Gasteiger partial charge in [0.15, 0.2) is 0 Å². The second kappa shape index (κ2) is 10.3. The van der Waals surface area contributed by atoms with Gasteiger partial charge in [-0.1, -0.05) is 6.07 Å². The molecule has 0 unspecified atom stereocenters. The number of likely N-dealkylation sites (tertiary alicyclic amines) is 1. The number of carbonyl (C=O) groups is 1. The number of halogens is 7. The van der Waals surface area contributed by atoms with E-state index in [9.17, 15) is 35.5 Å². The molecule has 1 aliphatic rings. The molecule has 2 aromatic carbocycles. The number of amides is 2. The number of nitrogens with zero attached hydrogens (tertiary/aromatic N) is 5. The Morgan fingerprint density at radius 3 is 2.26 bits per heavy atom. The van der Waals surface area contributed by atoms with E-state index in [1.54, 1.807) is 24.0 Å². The Hall–Kier alpha value is -3.64. The third kappa shape index (κ3) is 5.91. The van der Waals surface area contributed by atoms with Gasteiger partial charge in [-0.05, 0) is 66.8 Å². The van der Waals surface area contributed by atoms with Gasteiger partial charge in [0.05, 0.1) is 23.2 Å². The molecular weight excluding hydrogens is 519 g/mol. The first-order valence-electron chi connectivity index (χ1n) is 11.6. The molecule has 38 heavy (non-hydrogen) atoms. The van der Waals surface area contributed by atoms with E-state index in [1.807, 2.05) is 0 Å². The second-order valence-corrected chi connectivity index (χ2v) is 9.32. The molecule has 4 rings (SSSR count). The van der Waals surface area contributed by atoms with Crippen LogP contribution in [0.1, 0.15) is 52.7 Å². The molecular formula is C25H24F7N5O. The first-order valence-corrected chi connectivity index (χ1v) is 11.6. The van der Waals surface area contributed by atoms with E-state index in [2.05, 4.69) is 10.1 Å². The van der Waals surface area contributed by atoms with E-state index in [-0.39, 0.29) is 24.2 Å². The molecule has 13 heteroatoms. The van der Waals surface area contributed by atoms with Crippen molar-refractivity contribution in [2.24, 2.45) is 0 Å². The van der Waals surface area contributed by atoms with Crippen LogP contribution in [0, 0.1) is 12.7 Å². The largest absolute Gasteiger partial charge is 0.416 e. The number of hydrogen-bond donors (Lipinski definition) is 0. The van der Waals surface area contributed by atoms with Crippen LogP contribution in [-0.2, 0) is 18.9 Å². The van der Waals surface area contributed by atoms with Crippen LogP contribution in [0.15, 0.2) is 49.1 Å². The highest BCUT2D eigenvalue weighted by atomic mass is 19.4. The summed E-state index contributed by atoms with van der Waals surface area (Å²) in [5.74, 6) is -0.449. The van der Waals surface area contributed by atoms with E-state index in [0.717, 1.165) is 4.90 Å². The van der Waals surface area contributed by atoms with Crippen LogP contribution in [0.2, 0.25) is 0 Å². The fraction of sp³-hybridized carbons (Fsp3) is 0.400. The lowest BCUT2D eigenvalue weighted by Crippen LogP contribution is -2.47. The van der Waals surface area contributed by atoms with E-state index >= 15 is 0 Å². The molecule has 1 aromatic heterocycles. The topological polar surface area (TPSA) is 54.3 Å². The van der Waals surface area contributed by atoms with Crippen LogP contribution in [0.3, 0.4) is 0 Å². The van der Waals surface area contributed by atoms with Crippen LogP contribution < -0.4 is 0 Å². The zero-order valence-electron chi connectivity index (χ0n) is 20.4. The molecule has 1 fully saturated rings. The number of aryl methyl sites for hydroxylation is 1. The summed E-state index contributed by atoms with van der Waals surface area (Å²) < 4.78 is 95.2. The Kier molecular flexibility index (Phi) is 7.39. The summed E-state index contributed by atoms with van der Waals surface area (Å²) in [6.45, 7) is 1.45. The van der Waals surface area contributed by atoms with Crippen molar-refractivity contribution in [3.05, 3.63) is 82.7 Å². The Morgan fingerprint density at radius 1 is 1.05 bits per heavy atom. The summed E-state index contributed by atoms with van der Waals surface area (Å²) in [4.78, 5) is 20.1. The molecule has 2 heterocycles. The van der Waals surface area contributed by atoms with Gasteiger partial charge in [0, 0.05) is 20.1 Å². The Labute approximate surface area is 213 Å². The van der Waals surface area contributed by atoms with Crippen molar-refractivity contribution >= 4 is 6.03 Å². The number of hydrogen-bond acceptors (Lipinski definition) is 3. The first-order chi connectivity index (χ1) is 17.7. The van der Waals surface area contributed by atoms with Crippen LogP contribution in [0.4, 0.5) is 35.5 Å². The molecule has 0 spiro atoms. The predicted octanol–water partition coefficient (Wildman–Crippen LogP) is 6.39. The highest BCUT2D eigenvalue weighted by molar-refractivity contribution is 5.75. The lowest BCUT2D eigenvalue weighted by atomic mass is 9.89. The van der Waals surface area contributed by atoms with Crippen molar-refractivity contribution in [2.45, 2.75) is 50.7 Å². The summed E-state index contributed by atoms with van der Waals surface area (Å²) in [6.07, 6.45) is -6.17. The number of alkyl halides is 6. The molecule has 0 bridgehead atoms. The van der Waals surface area contributed by atoms with Crippen molar-refractivity contribution in [1.82, 2.24) is 24.6 Å². The Bertz CT molecular complexity index is 1260. The van der Waals surface area contributed by atoms with E-state index in [4.69, 9.17) is 0 Å². The summed E-state index contributed by atoms with van der Waals surface area (Å²) in [5.41, 5.74) is -1.93. The fourth-order valence-electron chi connectivity index (χ4n) is 4.80. The molecule has 1 saturated heterocycles. The van der Waals surface area contributed by atoms with Crippen molar-refractivity contribution in [1.29, 1.82) is 0 Å². The minimum atomic E-state index is -4.99. The zero-order chi connectivity index (χ0) is 27.8. The van der Waals surface area contributed by atoms with Crippen molar-refractivity contribution in [3.63, 3.8) is 0 Å². The summed E-state index contributed by atoms with van der Waals surface area (Å²) in [7, 11) is 1.31. The van der Waals surface area contributed by atoms with Gasteiger partial charge in [-0.25, -0.2) is 18.9 Å².